The Morgan fingerprint density at radius 1 is 1.19 bits per heavy atom. The van der Waals surface area contributed by atoms with Crippen LogP contribution in [0.4, 0.5) is 0 Å². The lowest BCUT2D eigenvalue weighted by Crippen LogP contribution is -2.45. The topological polar surface area (TPSA) is 92.8 Å². The fourth-order valence-corrected chi connectivity index (χ4v) is 4.04. The number of ether oxygens (including phenoxy) is 1. The number of hydrogen-bond donors (Lipinski definition) is 1. The van der Waals surface area contributed by atoms with Crippen LogP contribution >= 0.6 is 0 Å². The van der Waals surface area contributed by atoms with Crippen molar-refractivity contribution in [1.29, 1.82) is 0 Å². The fraction of sp³-hybridized carbons (Fsp3) is 0.556. The maximum absolute atomic E-state index is 12.6. The Hall–Kier alpha value is -1.93. The van der Waals surface area contributed by atoms with Crippen molar-refractivity contribution in [1.82, 2.24) is 9.62 Å². The Morgan fingerprint density at radius 3 is 2.31 bits per heavy atom. The molecule has 0 aliphatic rings. The quantitative estimate of drug-likeness (QED) is 0.658. The molecule has 0 unspecified atom stereocenters. The zero-order valence-corrected chi connectivity index (χ0v) is 16.8. The van der Waals surface area contributed by atoms with Gasteiger partial charge in [-0.05, 0) is 24.1 Å². The number of rotatable bonds is 9. The summed E-state index contributed by atoms with van der Waals surface area (Å²) in [6.07, 6.45) is 0.677. The van der Waals surface area contributed by atoms with Crippen LogP contribution in [0.5, 0.6) is 0 Å². The normalized spacial score (nSPS) is 13.9. The molecular weight excluding hydrogens is 356 g/mol. The summed E-state index contributed by atoms with van der Waals surface area (Å²) in [5, 5.41) is 2.65. The average Bonchev–Trinajstić information content (AvgIpc) is 2.65. The molecule has 0 radical (unpaired) electrons. The summed E-state index contributed by atoms with van der Waals surface area (Å²) >= 11 is 0. The summed E-state index contributed by atoms with van der Waals surface area (Å²) in [5.74, 6) is -1.16. The number of hydrogen-bond acceptors (Lipinski definition) is 5. The molecule has 1 aromatic carbocycles. The van der Waals surface area contributed by atoms with Crippen LogP contribution in [0.1, 0.15) is 44.5 Å². The number of nitrogens with one attached hydrogen (secondary N) is 1. The maximum atomic E-state index is 12.6. The molecule has 1 amide bonds. The van der Waals surface area contributed by atoms with E-state index in [2.05, 4.69) is 5.32 Å². The highest BCUT2D eigenvalue weighted by molar-refractivity contribution is 7.89. The lowest BCUT2D eigenvalue weighted by atomic mass is 9.99. The number of carbonyl (C=O) groups excluding carboxylic acids is 2. The van der Waals surface area contributed by atoms with Gasteiger partial charge in [0, 0.05) is 18.7 Å². The minimum absolute atomic E-state index is 0.0482. The first-order valence-corrected chi connectivity index (χ1v) is 10.2. The lowest BCUT2D eigenvalue weighted by molar-refractivity contribution is -0.144. The van der Waals surface area contributed by atoms with Crippen molar-refractivity contribution >= 4 is 21.9 Å². The zero-order valence-electron chi connectivity index (χ0n) is 16.0. The average molecular weight is 384 g/mol. The van der Waals surface area contributed by atoms with Crippen LogP contribution in [0.2, 0.25) is 0 Å². The molecule has 0 aromatic heterocycles. The minimum Gasteiger partial charge on any atom is -0.467 e. The number of sulfonamides is 1. The Kier molecular flexibility index (Phi) is 8.23. The van der Waals surface area contributed by atoms with Crippen molar-refractivity contribution in [2.24, 2.45) is 5.92 Å². The third-order valence-electron chi connectivity index (χ3n) is 4.39. The molecule has 146 valence electrons. The highest BCUT2D eigenvalue weighted by Gasteiger charge is 2.28. The second-order valence-electron chi connectivity index (χ2n) is 5.98. The molecule has 0 saturated heterocycles. The fourth-order valence-electron chi connectivity index (χ4n) is 2.53. The van der Waals surface area contributed by atoms with Crippen LogP contribution < -0.4 is 5.32 Å². The number of carbonyl (C=O) groups is 2. The molecule has 0 aliphatic carbocycles. The van der Waals surface area contributed by atoms with Crippen LogP contribution in [0.25, 0.3) is 0 Å². The number of methoxy groups -OCH3 is 1. The van der Waals surface area contributed by atoms with Crippen molar-refractivity contribution in [3.8, 4) is 0 Å². The van der Waals surface area contributed by atoms with Gasteiger partial charge < -0.3 is 10.1 Å². The molecule has 0 aliphatic heterocycles. The van der Waals surface area contributed by atoms with E-state index in [9.17, 15) is 18.0 Å². The Morgan fingerprint density at radius 2 is 1.81 bits per heavy atom. The summed E-state index contributed by atoms with van der Waals surface area (Å²) in [5.41, 5.74) is 0.176. The van der Waals surface area contributed by atoms with E-state index in [4.69, 9.17) is 4.74 Å². The van der Waals surface area contributed by atoms with Gasteiger partial charge in [-0.15, -0.1) is 0 Å². The molecule has 0 bridgehead atoms. The monoisotopic (exact) mass is 384 g/mol. The number of nitrogens with zero attached hydrogens (tertiary/aromatic N) is 1. The van der Waals surface area contributed by atoms with Gasteiger partial charge in [-0.1, -0.05) is 40.2 Å². The van der Waals surface area contributed by atoms with Crippen LogP contribution in [0, 0.1) is 5.92 Å². The van der Waals surface area contributed by atoms with E-state index in [0.29, 0.717) is 19.5 Å². The SMILES string of the molecule is CC[C@H](C)[C@@H](NC(=O)c1cccc(S(=O)(=O)N(CC)CC)c1)C(=O)OC. The molecule has 1 rings (SSSR count). The van der Waals surface area contributed by atoms with E-state index < -0.39 is 27.9 Å². The second kappa shape index (κ2) is 9.68. The van der Waals surface area contributed by atoms with Gasteiger partial charge in [0.1, 0.15) is 6.04 Å². The summed E-state index contributed by atoms with van der Waals surface area (Å²) in [6.45, 7) is 7.93. The van der Waals surface area contributed by atoms with E-state index in [0.717, 1.165) is 0 Å². The molecule has 0 spiro atoms. The van der Waals surface area contributed by atoms with Gasteiger partial charge in [0.15, 0.2) is 0 Å². The minimum atomic E-state index is -3.67. The van der Waals surface area contributed by atoms with E-state index in [1.165, 1.54) is 35.7 Å². The van der Waals surface area contributed by atoms with Crippen molar-refractivity contribution in [3.05, 3.63) is 29.8 Å². The first-order valence-electron chi connectivity index (χ1n) is 8.71. The Bertz CT molecular complexity index is 729. The van der Waals surface area contributed by atoms with Crippen molar-refractivity contribution in [2.75, 3.05) is 20.2 Å². The van der Waals surface area contributed by atoms with Gasteiger partial charge in [-0.2, -0.15) is 4.31 Å². The predicted octanol–water partition coefficient (Wildman–Crippen LogP) is 2.03. The standard InChI is InChI=1S/C18H28N2O5S/c1-6-13(4)16(18(22)25-5)19-17(21)14-10-9-11-15(12-14)26(23,24)20(7-2)8-3/h9-13,16H,6-8H2,1-5H3,(H,19,21)/t13-,16+/m0/s1. The highest BCUT2D eigenvalue weighted by Crippen LogP contribution is 2.18. The van der Waals surface area contributed by atoms with E-state index in [-0.39, 0.29) is 16.4 Å². The number of esters is 1. The summed E-state index contributed by atoms with van der Waals surface area (Å²) in [7, 11) is -2.40. The summed E-state index contributed by atoms with van der Waals surface area (Å²) < 4.78 is 31.3. The third kappa shape index (κ3) is 5.04. The van der Waals surface area contributed by atoms with Crippen LogP contribution in [-0.4, -0.2) is 50.8 Å². The van der Waals surface area contributed by atoms with Gasteiger partial charge in [0.25, 0.3) is 5.91 Å². The first kappa shape index (κ1) is 22.1. The van der Waals surface area contributed by atoms with Crippen molar-refractivity contribution < 1.29 is 22.7 Å². The van der Waals surface area contributed by atoms with E-state index in [1.807, 2.05) is 13.8 Å². The van der Waals surface area contributed by atoms with Crippen molar-refractivity contribution in [2.45, 2.75) is 45.1 Å². The molecule has 1 aromatic rings. The van der Waals surface area contributed by atoms with Crippen LogP contribution in [0.15, 0.2) is 29.2 Å². The molecular formula is C18H28N2O5S. The van der Waals surface area contributed by atoms with E-state index >= 15 is 0 Å². The number of benzene rings is 1. The molecule has 7 nitrogen and oxygen atoms in total. The van der Waals surface area contributed by atoms with Gasteiger partial charge in [-0.3, -0.25) is 4.79 Å². The molecule has 2 atom stereocenters. The molecule has 0 fully saturated rings. The molecule has 0 saturated carbocycles. The molecule has 26 heavy (non-hydrogen) atoms. The maximum Gasteiger partial charge on any atom is 0.328 e. The van der Waals surface area contributed by atoms with Crippen molar-refractivity contribution in [3.63, 3.8) is 0 Å². The van der Waals surface area contributed by atoms with Crippen LogP contribution in [-0.2, 0) is 19.6 Å². The second-order valence-corrected chi connectivity index (χ2v) is 7.91. The number of amides is 1. The summed E-state index contributed by atoms with van der Waals surface area (Å²) in [4.78, 5) is 24.5. The third-order valence-corrected chi connectivity index (χ3v) is 6.44. The Balaban J connectivity index is 3.13. The molecule has 8 heteroatoms. The van der Waals surface area contributed by atoms with Gasteiger partial charge >= 0.3 is 5.97 Å². The summed E-state index contributed by atoms with van der Waals surface area (Å²) in [6, 6.07) is 5.02. The van der Waals surface area contributed by atoms with Gasteiger partial charge in [-0.25, -0.2) is 13.2 Å². The highest BCUT2D eigenvalue weighted by atomic mass is 32.2. The predicted molar refractivity (Wildman–Crippen MR) is 99.3 cm³/mol. The smallest absolute Gasteiger partial charge is 0.328 e. The zero-order chi connectivity index (χ0) is 19.9. The molecule has 1 N–H and O–H groups in total. The largest absolute Gasteiger partial charge is 0.467 e. The van der Waals surface area contributed by atoms with Gasteiger partial charge in [0.05, 0.1) is 12.0 Å². The van der Waals surface area contributed by atoms with E-state index in [1.54, 1.807) is 13.8 Å². The lowest BCUT2D eigenvalue weighted by Gasteiger charge is -2.22. The van der Waals surface area contributed by atoms with Crippen LogP contribution in [0.3, 0.4) is 0 Å². The van der Waals surface area contributed by atoms with Gasteiger partial charge in [0.2, 0.25) is 10.0 Å². The molecule has 0 heterocycles. The first-order chi connectivity index (χ1) is 12.2. The Labute approximate surface area is 155 Å².